The Morgan fingerprint density at radius 3 is 2.50 bits per heavy atom. The van der Waals surface area contributed by atoms with Crippen LogP contribution in [0.25, 0.3) is 0 Å². The van der Waals surface area contributed by atoms with Crippen LogP contribution in [0.4, 0.5) is 5.69 Å². The van der Waals surface area contributed by atoms with E-state index in [-0.39, 0.29) is 11.6 Å². The van der Waals surface area contributed by atoms with Crippen LogP contribution in [0.15, 0.2) is 35.3 Å². The van der Waals surface area contributed by atoms with Crippen LogP contribution in [-0.2, 0) is 0 Å². The smallest absolute Gasteiger partial charge is 0.0422 e. The molecule has 0 radical (unpaired) electrons. The first kappa shape index (κ1) is 15.3. The topological polar surface area (TPSA) is 29.3 Å². The Hall–Kier alpha value is -0.800. The standard InChI is InChI=1S/C15H23BrN2/c1-6-9-18(15(3,4)5)14-8-7-12(16)10-13(14)11(2)17/h6-8,10-11H,1,9,17H2,2-5H3. The second-order valence-electron chi connectivity index (χ2n) is 5.56. The third-order valence-corrected chi connectivity index (χ3v) is 3.39. The molecule has 0 heterocycles. The van der Waals surface area contributed by atoms with Crippen LogP contribution >= 0.6 is 15.9 Å². The van der Waals surface area contributed by atoms with Crippen LogP contribution in [0.5, 0.6) is 0 Å². The fraction of sp³-hybridized carbons (Fsp3) is 0.467. The molecule has 1 unspecified atom stereocenters. The predicted octanol–water partition coefficient (Wildman–Crippen LogP) is 4.26. The molecule has 100 valence electrons. The molecule has 1 rings (SSSR count). The number of hydrogen-bond donors (Lipinski definition) is 1. The van der Waals surface area contributed by atoms with Gasteiger partial charge in [0.15, 0.2) is 0 Å². The first-order valence-corrected chi connectivity index (χ1v) is 7.00. The van der Waals surface area contributed by atoms with Gasteiger partial charge in [-0.05, 0) is 51.5 Å². The Morgan fingerprint density at radius 1 is 1.44 bits per heavy atom. The highest BCUT2D eigenvalue weighted by atomic mass is 79.9. The van der Waals surface area contributed by atoms with Gasteiger partial charge in [0.1, 0.15) is 0 Å². The summed E-state index contributed by atoms with van der Waals surface area (Å²) in [5, 5.41) is 0. The number of rotatable bonds is 4. The molecule has 3 heteroatoms. The Balaban J connectivity index is 3.31. The minimum Gasteiger partial charge on any atom is -0.363 e. The molecule has 2 N–H and O–H groups in total. The van der Waals surface area contributed by atoms with Gasteiger partial charge in [0.2, 0.25) is 0 Å². The van der Waals surface area contributed by atoms with E-state index < -0.39 is 0 Å². The monoisotopic (exact) mass is 310 g/mol. The number of hydrogen-bond acceptors (Lipinski definition) is 2. The zero-order valence-corrected chi connectivity index (χ0v) is 13.3. The number of nitrogens with two attached hydrogens (primary N) is 1. The van der Waals surface area contributed by atoms with Gasteiger partial charge < -0.3 is 10.6 Å². The molecule has 0 bridgehead atoms. The molecule has 0 saturated heterocycles. The van der Waals surface area contributed by atoms with E-state index in [1.807, 2.05) is 13.0 Å². The number of benzene rings is 1. The molecular weight excluding hydrogens is 288 g/mol. The van der Waals surface area contributed by atoms with E-state index >= 15 is 0 Å². The lowest BCUT2D eigenvalue weighted by Crippen LogP contribution is -2.42. The average Bonchev–Trinajstić information content (AvgIpc) is 2.24. The van der Waals surface area contributed by atoms with E-state index in [1.54, 1.807) is 0 Å². The maximum absolute atomic E-state index is 6.09. The van der Waals surface area contributed by atoms with Gasteiger partial charge in [0.25, 0.3) is 0 Å². The summed E-state index contributed by atoms with van der Waals surface area (Å²) < 4.78 is 1.06. The van der Waals surface area contributed by atoms with Gasteiger partial charge in [0, 0.05) is 28.3 Å². The lowest BCUT2D eigenvalue weighted by Gasteiger charge is -2.39. The van der Waals surface area contributed by atoms with Gasteiger partial charge in [-0.25, -0.2) is 0 Å². The van der Waals surface area contributed by atoms with Crippen molar-refractivity contribution in [3.63, 3.8) is 0 Å². The summed E-state index contributed by atoms with van der Waals surface area (Å²) in [6.45, 7) is 13.3. The van der Waals surface area contributed by atoms with E-state index in [1.165, 1.54) is 5.69 Å². The molecule has 0 fully saturated rings. The largest absolute Gasteiger partial charge is 0.363 e. The summed E-state index contributed by atoms with van der Waals surface area (Å²) in [5.74, 6) is 0. The fourth-order valence-corrected chi connectivity index (χ4v) is 2.38. The van der Waals surface area contributed by atoms with Gasteiger partial charge in [-0.1, -0.05) is 22.0 Å². The summed E-state index contributed by atoms with van der Waals surface area (Å²) in [7, 11) is 0. The van der Waals surface area contributed by atoms with Gasteiger partial charge >= 0.3 is 0 Å². The first-order valence-electron chi connectivity index (χ1n) is 6.21. The van der Waals surface area contributed by atoms with Crippen molar-refractivity contribution < 1.29 is 0 Å². The number of halogens is 1. The summed E-state index contributed by atoms with van der Waals surface area (Å²) in [6.07, 6.45) is 1.93. The lowest BCUT2D eigenvalue weighted by molar-refractivity contribution is 0.519. The molecule has 0 saturated carbocycles. The van der Waals surface area contributed by atoms with Gasteiger partial charge in [-0.15, -0.1) is 6.58 Å². The van der Waals surface area contributed by atoms with Gasteiger partial charge in [-0.2, -0.15) is 0 Å². The SMILES string of the molecule is C=CCN(c1ccc(Br)cc1C(C)N)C(C)(C)C. The Bertz CT molecular complexity index is 419. The van der Waals surface area contributed by atoms with Crippen LogP contribution in [0, 0.1) is 0 Å². The maximum Gasteiger partial charge on any atom is 0.0422 e. The van der Waals surface area contributed by atoms with Crippen molar-refractivity contribution in [3.05, 3.63) is 40.9 Å². The van der Waals surface area contributed by atoms with Crippen molar-refractivity contribution >= 4 is 21.6 Å². The van der Waals surface area contributed by atoms with E-state index in [4.69, 9.17) is 5.73 Å². The van der Waals surface area contributed by atoms with Crippen LogP contribution in [0.2, 0.25) is 0 Å². The van der Waals surface area contributed by atoms with Crippen molar-refractivity contribution in [2.45, 2.75) is 39.3 Å². The molecule has 0 aliphatic heterocycles. The van der Waals surface area contributed by atoms with Crippen LogP contribution < -0.4 is 10.6 Å². The molecule has 1 aromatic carbocycles. The summed E-state index contributed by atoms with van der Waals surface area (Å²) in [5.41, 5.74) is 8.46. The minimum atomic E-state index is 0.00663. The maximum atomic E-state index is 6.09. The highest BCUT2D eigenvalue weighted by Crippen LogP contribution is 2.32. The van der Waals surface area contributed by atoms with Crippen molar-refractivity contribution in [1.29, 1.82) is 0 Å². The van der Waals surface area contributed by atoms with Crippen LogP contribution in [0.3, 0.4) is 0 Å². The molecule has 1 aromatic rings. The zero-order chi connectivity index (χ0) is 13.9. The van der Waals surface area contributed by atoms with Crippen LogP contribution in [-0.4, -0.2) is 12.1 Å². The molecular formula is C15H23BrN2. The lowest BCUT2D eigenvalue weighted by atomic mass is 10.00. The second kappa shape index (κ2) is 5.89. The van der Waals surface area contributed by atoms with E-state index in [0.717, 1.165) is 16.6 Å². The summed E-state index contributed by atoms with van der Waals surface area (Å²) >= 11 is 3.51. The van der Waals surface area contributed by atoms with Crippen LogP contribution in [0.1, 0.15) is 39.3 Å². The Morgan fingerprint density at radius 2 is 2.06 bits per heavy atom. The van der Waals surface area contributed by atoms with Gasteiger partial charge in [-0.3, -0.25) is 0 Å². The van der Waals surface area contributed by atoms with Crippen molar-refractivity contribution in [3.8, 4) is 0 Å². The summed E-state index contributed by atoms with van der Waals surface area (Å²) in [4.78, 5) is 2.32. The highest BCUT2D eigenvalue weighted by Gasteiger charge is 2.23. The minimum absolute atomic E-state index is 0.00663. The molecule has 2 nitrogen and oxygen atoms in total. The highest BCUT2D eigenvalue weighted by molar-refractivity contribution is 9.10. The zero-order valence-electron chi connectivity index (χ0n) is 11.7. The molecule has 0 aliphatic carbocycles. The fourth-order valence-electron chi connectivity index (χ4n) is 2.00. The molecule has 1 atom stereocenters. The average molecular weight is 311 g/mol. The Kier molecular flexibility index (Phi) is 5.00. The Labute approximate surface area is 119 Å². The third kappa shape index (κ3) is 3.59. The van der Waals surface area contributed by atoms with E-state index in [0.29, 0.717) is 0 Å². The number of nitrogens with zero attached hydrogens (tertiary/aromatic N) is 1. The summed E-state index contributed by atoms with van der Waals surface area (Å²) in [6, 6.07) is 6.29. The van der Waals surface area contributed by atoms with Crippen molar-refractivity contribution in [1.82, 2.24) is 0 Å². The number of anilines is 1. The predicted molar refractivity (Wildman–Crippen MR) is 84.0 cm³/mol. The molecule has 0 aliphatic rings. The quantitative estimate of drug-likeness (QED) is 0.842. The van der Waals surface area contributed by atoms with Crippen molar-refractivity contribution in [2.24, 2.45) is 5.73 Å². The van der Waals surface area contributed by atoms with Gasteiger partial charge in [0.05, 0.1) is 0 Å². The normalized spacial score (nSPS) is 13.2. The second-order valence-corrected chi connectivity index (χ2v) is 6.48. The molecule has 18 heavy (non-hydrogen) atoms. The molecule has 0 aromatic heterocycles. The third-order valence-electron chi connectivity index (χ3n) is 2.89. The first-order chi connectivity index (χ1) is 8.27. The molecule has 0 spiro atoms. The van der Waals surface area contributed by atoms with Crippen molar-refractivity contribution in [2.75, 3.05) is 11.4 Å². The van der Waals surface area contributed by atoms with E-state index in [9.17, 15) is 0 Å². The van der Waals surface area contributed by atoms with E-state index in [2.05, 4.69) is 66.4 Å². The molecule has 0 amide bonds.